The summed E-state index contributed by atoms with van der Waals surface area (Å²) < 4.78 is 33.5. The highest BCUT2D eigenvalue weighted by molar-refractivity contribution is 7.92. The third-order valence-electron chi connectivity index (χ3n) is 10.2. The van der Waals surface area contributed by atoms with Gasteiger partial charge in [-0.15, -0.1) is 0 Å². The van der Waals surface area contributed by atoms with Crippen LogP contribution in [0.3, 0.4) is 0 Å². The van der Waals surface area contributed by atoms with Crippen molar-refractivity contribution < 1.29 is 12.8 Å². The Morgan fingerprint density at radius 3 is 1.61 bits per heavy atom. The first-order chi connectivity index (χ1) is 26.5. The van der Waals surface area contributed by atoms with Crippen LogP contribution in [-0.4, -0.2) is 8.42 Å². The van der Waals surface area contributed by atoms with Gasteiger partial charge in [0.15, 0.2) is 0 Å². The van der Waals surface area contributed by atoms with Crippen LogP contribution >= 0.6 is 0 Å². The molecule has 5 nitrogen and oxygen atoms in total. The molecule has 0 radical (unpaired) electrons. The molecule has 10 rings (SSSR count). The van der Waals surface area contributed by atoms with Crippen molar-refractivity contribution in [2.75, 3.05) is 9.80 Å². The van der Waals surface area contributed by atoms with E-state index in [-0.39, 0.29) is 0 Å². The molecule has 1 aliphatic rings. The maximum Gasteiger partial charge on any atom is 0.210 e. The first kappa shape index (κ1) is 31.8. The van der Waals surface area contributed by atoms with Gasteiger partial charge in [-0.25, -0.2) is 8.42 Å². The number of rotatable bonds is 6. The monoisotopic (exact) mass is 716 g/mol. The molecule has 0 unspecified atom stereocenters. The molecule has 0 N–H and O–H groups in total. The maximum atomic E-state index is 13.6. The summed E-state index contributed by atoms with van der Waals surface area (Å²) in [5.74, 6) is 0. The van der Waals surface area contributed by atoms with Gasteiger partial charge in [-0.3, -0.25) is 0 Å². The number of furan rings is 1. The van der Waals surface area contributed by atoms with Gasteiger partial charge in [0.05, 0.1) is 21.2 Å². The Morgan fingerprint density at radius 1 is 0.407 bits per heavy atom. The highest BCUT2D eigenvalue weighted by atomic mass is 32.2. The van der Waals surface area contributed by atoms with Crippen molar-refractivity contribution in [3.8, 4) is 22.3 Å². The van der Waals surface area contributed by atoms with Gasteiger partial charge in [-0.2, -0.15) is 0 Å². The van der Waals surface area contributed by atoms with E-state index < -0.39 is 9.84 Å². The number of benzene rings is 8. The van der Waals surface area contributed by atoms with Crippen molar-refractivity contribution >= 4 is 65.9 Å². The molecule has 0 saturated carbocycles. The van der Waals surface area contributed by atoms with Crippen molar-refractivity contribution in [2.45, 2.75) is 9.79 Å². The van der Waals surface area contributed by atoms with Crippen LogP contribution in [0.1, 0.15) is 0 Å². The lowest BCUT2D eigenvalue weighted by molar-refractivity contribution is 0.595. The molecule has 0 bridgehead atoms. The molecule has 2 heterocycles. The first-order valence-corrected chi connectivity index (χ1v) is 19.3. The minimum absolute atomic E-state index is 0.302. The Hall–Kier alpha value is -6.89. The summed E-state index contributed by atoms with van der Waals surface area (Å²) in [4.78, 5) is 4.90. The van der Waals surface area contributed by atoms with Crippen LogP contribution in [0.25, 0.3) is 44.2 Å². The molecule has 0 aliphatic carbocycles. The van der Waals surface area contributed by atoms with E-state index >= 15 is 0 Å². The van der Waals surface area contributed by atoms with E-state index in [1.54, 1.807) is 24.3 Å². The minimum atomic E-state index is -3.65. The van der Waals surface area contributed by atoms with E-state index in [1.807, 2.05) is 65.6 Å². The third-order valence-corrected chi connectivity index (χ3v) is 12.1. The Balaban J connectivity index is 1.05. The highest BCUT2D eigenvalue weighted by Crippen LogP contribution is 2.48. The van der Waals surface area contributed by atoms with E-state index in [9.17, 15) is 8.42 Å². The zero-order chi connectivity index (χ0) is 36.2. The summed E-state index contributed by atoms with van der Waals surface area (Å²) >= 11 is 0. The fourth-order valence-corrected chi connectivity index (χ4v) is 9.25. The Morgan fingerprint density at radius 2 is 0.926 bits per heavy atom. The summed E-state index contributed by atoms with van der Waals surface area (Å²) in [5.41, 5.74) is 11.3. The lowest BCUT2D eigenvalue weighted by Crippen LogP contribution is -2.22. The average molecular weight is 717 g/mol. The summed E-state index contributed by atoms with van der Waals surface area (Å²) in [7, 11) is -3.65. The summed E-state index contributed by atoms with van der Waals surface area (Å²) in [5, 5.41) is 2.18. The van der Waals surface area contributed by atoms with Crippen LogP contribution in [0, 0.1) is 0 Å². The largest absolute Gasteiger partial charge is 0.456 e. The smallest absolute Gasteiger partial charge is 0.210 e. The van der Waals surface area contributed by atoms with Crippen LogP contribution in [0.5, 0.6) is 0 Å². The van der Waals surface area contributed by atoms with Crippen molar-refractivity contribution in [3.05, 3.63) is 194 Å². The van der Waals surface area contributed by atoms with Gasteiger partial charge in [0.1, 0.15) is 11.2 Å². The van der Waals surface area contributed by atoms with Gasteiger partial charge in [0, 0.05) is 39.6 Å². The Kier molecular flexibility index (Phi) is 7.46. The zero-order valence-electron chi connectivity index (χ0n) is 29.0. The number of fused-ring (bicyclic) bond motifs is 5. The van der Waals surface area contributed by atoms with Crippen LogP contribution in [-0.2, 0) is 9.84 Å². The predicted octanol–water partition coefficient (Wildman–Crippen LogP) is 13.0. The lowest BCUT2D eigenvalue weighted by atomic mass is 10.0. The van der Waals surface area contributed by atoms with Gasteiger partial charge in [0.25, 0.3) is 0 Å². The van der Waals surface area contributed by atoms with Crippen molar-refractivity contribution in [1.82, 2.24) is 0 Å². The van der Waals surface area contributed by atoms with E-state index in [0.29, 0.717) is 21.2 Å². The summed E-state index contributed by atoms with van der Waals surface area (Å²) in [6.45, 7) is 0. The van der Waals surface area contributed by atoms with E-state index in [1.165, 1.54) is 5.56 Å². The third kappa shape index (κ3) is 5.27. The van der Waals surface area contributed by atoms with Crippen molar-refractivity contribution in [3.63, 3.8) is 0 Å². The van der Waals surface area contributed by atoms with Crippen LogP contribution in [0.2, 0.25) is 0 Å². The summed E-state index contributed by atoms with van der Waals surface area (Å²) in [6.07, 6.45) is 0. The second-order valence-corrected chi connectivity index (χ2v) is 15.3. The fourth-order valence-electron chi connectivity index (χ4n) is 7.63. The van der Waals surface area contributed by atoms with Gasteiger partial charge < -0.3 is 14.2 Å². The quantitative estimate of drug-likeness (QED) is 0.171. The highest BCUT2D eigenvalue weighted by Gasteiger charge is 2.34. The molecule has 258 valence electrons. The van der Waals surface area contributed by atoms with Crippen LogP contribution in [0.15, 0.2) is 208 Å². The molecular weight excluding hydrogens is 685 g/mol. The molecule has 6 heteroatoms. The molecule has 0 saturated heterocycles. The van der Waals surface area contributed by atoms with Crippen LogP contribution < -0.4 is 9.80 Å². The summed E-state index contributed by atoms with van der Waals surface area (Å²) in [6, 6.07) is 64.9. The Labute approximate surface area is 313 Å². The number of nitrogens with zero attached hydrogens (tertiary/aromatic N) is 2. The van der Waals surface area contributed by atoms with Crippen molar-refractivity contribution in [2.24, 2.45) is 0 Å². The van der Waals surface area contributed by atoms with E-state index in [0.717, 1.165) is 61.4 Å². The molecule has 1 aliphatic heterocycles. The molecular formula is C48H32N2O3S. The molecule has 54 heavy (non-hydrogen) atoms. The molecule has 9 aromatic rings. The topological polar surface area (TPSA) is 53.8 Å². The van der Waals surface area contributed by atoms with Gasteiger partial charge in [0.2, 0.25) is 9.84 Å². The number of sulfone groups is 1. The predicted molar refractivity (Wildman–Crippen MR) is 219 cm³/mol. The van der Waals surface area contributed by atoms with Gasteiger partial charge in [-0.05, 0) is 101 Å². The minimum Gasteiger partial charge on any atom is -0.456 e. The average Bonchev–Trinajstić information content (AvgIpc) is 3.60. The molecule has 8 aromatic carbocycles. The van der Waals surface area contributed by atoms with Crippen LogP contribution in [0.4, 0.5) is 34.1 Å². The zero-order valence-corrected chi connectivity index (χ0v) is 29.8. The maximum absolute atomic E-state index is 13.6. The van der Waals surface area contributed by atoms with Crippen molar-refractivity contribution in [1.29, 1.82) is 0 Å². The molecule has 0 fully saturated rings. The van der Waals surface area contributed by atoms with E-state index in [2.05, 4.69) is 114 Å². The van der Waals surface area contributed by atoms with Gasteiger partial charge in [-0.1, -0.05) is 109 Å². The van der Waals surface area contributed by atoms with E-state index in [4.69, 9.17) is 4.42 Å². The number of hydrogen-bond donors (Lipinski definition) is 0. The second kappa shape index (κ2) is 12.7. The number of para-hydroxylation sites is 3. The first-order valence-electron chi connectivity index (χ1n) is 17.8. The number of hydrogen-bond acceptors (Lipinski definition) is 5. The standard InChI is InChI=1S/C48H32N2O3S/c51-54(52)47-19-8-5-16-43(47)50(44-17-6-9-20-48(44)54)39-14-10-13-36(31-39)35-23-27-38(28-24-35)49(37-25-21-34(22-26-37)33-11-2-1-3-12-33)40-29-30-42-41-15-4-7-18-45(41)53-46(42)32-40/h1-32H. The molecule has 0 amide bonds. The lowest BCUT2D eigenvalue weighted by Gasteiger charge is -2.33. The normalized spacial score (nSPS) is 13.1. The molecule has 0 spiro atoms. The molecule has 1 aromatic heterocycles. The number of anilines is 6. The molecule has 0 atom stereocenters. The second-order valence-electron chi connectivity index (χ2n) is 13.4. The van der Waals surface area contributed by atoms with Gasteiger partial charge >= 0.3 is 0 Å². The Bertz CT molecular complexity index is 2900. The SMILES string of the molecule is O=S1(=O)c2ccccc2N(c2cccc(-c3ccc(N(c4ccc(-c5ccccc5)cc4)c4ccc5c(c4)oc4ccccc45)cc3)c2)c2ccccc21. The fraction of sp³-hybridized carbons (Fsp3) is 0.